The monoisotopic (exact) mass is 424 g/mol. The number of halogens is 1. The molecule has 0 spiro atoms. The first kappa shape index (κ1) is 21.6. The molecule has 0 saturated carbocycles. The van der Waals surface area contributed by atoms with E-state index >= 15 is 4.39 Å². The molecule has 2 heterocycles. The van der Waals surface area contributed by atoms with Gasteiger partial charge in [-0.1, -0.05) is 12.1 Å². The van der Waals surface area contributed by atoms with Crippen LogP contribution < -0.4 is 10.5 Å². The second-order valence-electron chi connectivity index (χ2n) is 7.45. The largest absolute Gasteiger partial charge is 0.496 e. The van der Waals surface area contributed by atoms with Gasteiger partial charge in [-0.15, -0.1) is 0 Å². The van der Waals surface area contributed by atoms with Gasteiger partial charge in [-0.05, 0) is 41.5 Å². The van der Waals surface area contributed by atoms with E-state index in [1.54, 1.807) is 43.6 Å². The lowest BCUT2D eigenvalue weighted by atomic mass is 9.59. The number of pyridine rings is 1. The average molecular weight is 424 g/mol. The van der Waals surface area contributed by atoms with Crippen molar-refractivity contribution in [2.75, 3.05) is 19.9 Å². The number of benzene rings is 2. The van der Waals surface area contributed by atoms with Crippen molar-refractivity contribution in [3.63, 3.8) is 0 Å². The topological polar surface area (TPSA) is 80.8 Å². The van der Waals surface area contributed by atoms with Crippen LogP contribution in [0.25, 0.3) is 11.1 Å². The van der Waals surface area contributed by atoms with Gasteiger partial charge in [0.25, 0.3) is 5.91 Å². The lowest BCUT2D eigenvalue weighted by Crippen LogP contribution is -2.44. The van der Waals surface area contributed by atoms with Crippen molar-refractivity contribution in [1.29, 1.82) is 0 Å². The van der Waals surface area contributed by atoms with E-state index in [-0.39, 0.29) is 29.1 Å². The van der Waals surface area contributed by atoms with Crippen LogP contribution in [0.4, 0.5) is 10.1 Å². The molecule has 3 aromatic rings. The number of methoxy groups -OCH3 is 1. The molecule has 0 saturated heterocycles. The summed E-state index contributed by atoms with van der Waals surface area (Å²) in [5.41, 5.74) is 9.19. The number of nitrogen functional groups attached to an aromatic ring is 1. The number of anilines is 1. The van der Waals surface area contributed by atoms with Crippen LogP contribution in [0.1, 0.15) is 27.2 Å². The molecule has 2 N–H and O–H groups in total. The van der Waals surface area contributed by atoms with E-state index in [2.05, 4.69) is 9.98 Å². The summed E-state index contributed by atoms with van der Waals surface area (Å²) >= 11 is 0. The van der Waals surface area contributed by atoms with E-state index < -0.39 is 17.1 Å². The molecule has 0 fully saturated rings. The third-order valence-electron chi connectivity index (χ3n) is 5.51. The number of hydrogen-bond acceptors (Lipinski definition) is 5. The smallest absolute Gasteiger partial charge is 0.255 e. The summed E-state index contributed by atoms with van der Waals surface area (Å²) in [6.07, 6.45) is 3.12. The lowest BCUT2D eigenvalue weighted by molar-refractivity contribution is 0.0728. The molecule has 1 aromatic heterocycles. The predicted octanol–water partition coefficient (Wildman–Crippen LogP) is 2.63. The van der Waals surface area contributed by atoms with Crippen LogP contribution in [0, 0.1) is 5.82 Å². The van der Waals surface area contributed by atoms with Gasteiger partial charge in [-0.3, -0.25) is 14.8 Å². The Kier molecular flexibility index (Phi) is 5.50. The van der Waals surface area contributed by atoms with E-state index in [0.29, 0.717) is 22.4 Å². The summed E-state index contributed by atoms with van der Waals surface area (Å²) in [6.45, 7) is -0.197. The van der Waals surface area contributed by atoms with Gasteiger partial charge >= 0.3 is 0 Å². The number of carbonyl (C=O) groups excluding carboxylic acids is 1. The fourth-order valence-electron chi connectivity index (χ4n) is 3.91. The van der Waals surface area contributed by atoms with Gasteiger partial charge in [-0.2, -0.15) is 0 Å². The Morgan fingerprint density at radius 1 is 1.25 bits per heavy atom. The molecule has 0 bridgehead atoms. The number of aliphatic imine (C=N–C) groups is 1. The quantitative estimate of drug-likeness (QED) is 0.388. The number of nitrogens with two attached hydrogens (primary N) is 1. The Labute approximate surface area is 188 Å². The maximum absolute atomic E-state index is 15.4. The van der Waals surface area contributed by atoms with Gasteiger partial charge in [-0.25, -0.2) is 4.39 Å². The van der Waals surface area contributed by atoms with E-state index in [1.807, 2.05) is 6.07 Å². The first-order valence-electron chi connectivity index (χ1n) is 9.82. The normalized spacial score (nSPS) is 14.7. The summed E-state index contributed by atoms with van der Waals surface area (Å²) < 4.78 is 20.9. The second kappa shape index (κ2) is 8.15. The van der Waals surface area contributed by atoms with Gasteiger partial charge in [0, 0.05) is 41.6 Å². The molecule has 0 aliphatic carbocycles. The van der Waals surface area contributed by atoms with Gasteiger partial charge in [0.15, 0.2) is 0 Å². The highest BCUT2D eigenvalue weighted by Gasteiger charge is 2.43. The first-order chi connectivity index (χ1) is 15.3. The molecule has 9 heteroatoms. The van der Waals surface area contributed by atoms with Crippen LogP contribution in [-0.4, -0.2) is 51.9 Å². The summed E-state index contributed by atoms with van der Waals surface area (Å²) in [4.78, 5) is 22.3. The van der Waals surface area contributed by atoms with E-state index in [0.717, 1.165) is 0 Å². The highest BCUT2D eigenvalue weighted by Crippen LogP contribution is 2.38. The number of aromatic nitrogens is 1. The van der Waals surface area contributed by atoms with Gasteiger partial charge in [0.2, 0.25) is 0 Å². The van der Waals surface area contributed by atoms with Crippen LogP contribution in [0.3, 0.4) is 0 Å². The number of hydrogen-bond donors (Lipinski definition) is 1. The number of ether oxygens (including phenoxy) is 1. The van der Waals surface area contributed by atoms with Crippen molar-refractivity contribution in [3.8, 4) is 16.9 Å². The van der Waals surface area contributed by atoms with E-state index in [1.165, 1.54) is 24.3 Å². The number of rotatable bonds is 5. The molecule has 6 nitrogen and oxygen atoms in total. The van der Waals surface area contributed by atoms with Crippen molar-refractivity contribution < 1.29 is 13.9 Å². The van der Waals surface area contributed by atoms with Gasteiger partial charge in [0.1, 0.15) is 11.6 Å². The second-order valence-corrected chi connectivity index (χ2v) is 7.45. The standard InChI is InChI=1S/C23H19B2FN4O2/c1-28-11-16-14(5-3-7-19(16)27)13-9-18(26)17(20(10-13)32-2)12-30-22(31)15-6-4-8-29-21(15)23(30,24)25/h3-11H,12,27H2,1-2H3. The van der Waals surface area contributed by atoms with Crippen LogP contribution in [0.5, 0.6) is 5.75 Å². The molecule has 0 atom stereocenters. The zero-order valence-corrected chi connectivity index (χ0v) is 17.7. The van der Waals surface area contributed by atoms with E-state index in [4.69, 9.17) is 26.2 Å². The molecule has 1 aliphatic rings. The molecule has 4 rings (SSSR count). The number of fused-ring (bicyclic) bond motifs is 1. The molecule has 1 aliphatic heterocycles. The van der Waals surface area contributed by atoms with Crippen LogP contribution in [0.15, 0.2) is 53.7 Å². The molecule has 0 unspecified atom stereocenters. The Bertz CT molecular complexity index is 1250. The number of nitrogens with zero attached hydrogens (tertiary/aromatic N) is 3. The highest BCUT2D eigenvalue weighted by molar-refractivity contribution is 6.42. The fraction of sp³-hybridized carbons (Fsp3) is 0.174. The SMILES string of the molecule is [B]C1([B])c2ncccc2C(=O)N1Cc1c(F)cc(-c2cccc(N)c2C=NC)cc1OC. The molecule has 32 heavy (non-hydrogen) atoms. The third kappa shape index (κ3) is 3.43. The summed E-state index contributed by atoms with van der Waals surface area (Å²) in [6, 6.07) is 11.6. The van der Waals surface area contributed by atoms with E-state index in [9.17, 15) is 4.79 Å². The maximum atomic E-state index is 15.4. The zero-order chi connectivity index (χ0) is 23.0. The average Bonchev–Trinajstić information content (AvgIpc) is 2.97. The summed E-state index contributed by atoms with van der Waals surface area (Å²) in [7, 11) is 15.5. The van der Waals surface area contributed by atoms with Crippen molar-refractivity contribution in [2.24, 2.45) is 4.99 Å². The molecule has 156 valence electrons. The lowest BCUT2D eigenvalue weighted by Gasteiger charge is -2.33. The summed E-state index contributed by atoms with van der Waals surface area (Å²) in [5, 5.41) is -1.68. The van der Waals surface area contributed by atoms with Crippen molar-refractivity contribution >= 4 is 33.5 Å². The molecule has 1 amide bonds. The minimum Gasteiger partial charge on any atom is -0.496 e. The molecular formula is C23H19B2FN4O2. The maximum Gasteiger partial charge on any atom is 0.255 e. The summed E-state index contributed by atoms with van der Waals surface area (Å²) in [5.74, 6) is -0.760. The molecule has 2 aromatic carbocycles. The van der Waals surface area contributed by atoms with Crippen molar-refractivity contribution in [2.45, 2.75) is 11.9 Å². The molecule has 4 radical (unpaired) electrons. The Balaban J connectivity index is 1.77. The van der Waals surface area contributed by atoms with Crippen LogP contribution in [-0.2, 0) is 11.9 Å². The minimum atomic E-state index is -1.68. The predicted molar refractivity (Wildman–Crippen MR) is 124 cm³/mol. The highest BCUT2D eigenvalue weighted by atomic mass is 19.1. The van der Waals surface area contributed by atoms with Gasteiger partial charge < -0.3 is 15.4 Å². The Morgan fingerprint density at radius 2 is 2.00 bits per heavy atom. The first-order valence-corrected chi connectivity index (χ1v) is 9.82. The van der Waals surface area contributed by atoms with Crippen molar-refractivity contribution in [1.82, 2.24) is 9.88 Å². The van der Waals surface area contributed by atoms with Gasteiger partial charge in [0.05, 0.1) is 40.6 Å². The third-order valence-corrected chi connectivity index (χ3v) is 5.51. The Hall–Kier alpha value is -3.61. The van der Waals surface area contributed by atoms with Crippen molar-refractivity contribution in [3.05, 3.63) is 76.9 Å². The number of amides is 1. The van der Waals surface area contributed by atoms with Crippen LogP contribution in [0.2, 0.25) is 0 Å². The minimum absolute atomic E-state index is 0.146. The zero-order valence-electron chi connectivity index (χ0n) is 17.7. The van der Waals surface area contributed by atoms with Crippen LogP contribution >= 0.6 is 0 Å². The molecular weight excluding hydrogens is 405 g/mol. The Morgan fingerprint density at radius 3 is 2.69 bits per heavy atom. The fourth-order valence-corrected chi connectivity index (χ4v) is 3.91. The number of carbonyl (C=O) groups is 1.